The molecule has 5 heteroatoms. The van der Waals surface area contributed by atoms with Gasteiger partial charge in [0.25, 0.3) is 5.91 Å². The highest BCUT2D eigenvalue weighted by molar-refractivity contribution is 6.26. The number of benzene rings is 3. The first-order chi connectivity index (χ1) is 14.3. The van der Waals surface area contributed by atoms with Crippen molar-refractivity contribution in [1.82, 2.24) is 10.0 Å². The molecule has 3 aliphatic heterocycles. The zero-order valence-electron chi connectivity index (χ0n) is 15.9. The summed E-state index contributed by atoms with van der Waals surface area (Å²) in [6, 6.07) is 23.4. The van der Waals surface area contributed by atoms with Gasteiger partial charge in [0.2, 0.25) is 5.91 Å². The predicted octanol–water partition coefficient (Wildman–Crippen LogP) is 3.38. The number of hydrogen-bond donors (Lipinski definition) is 0. The minimum Gasteiger partial charge on any atom is -0.274 e. The van der Waals surface area contributed by atoms with Crippen LogP contribution in [-0.2, 0) is 9.59 Å². The van der Waals surface area contributed by atoms with Crippen LogP contribution >= 0.6 is 0 Å². The number of fused-ring (bicyclic) bond motifs is 4. The van der Waals surface area contributed by atoms with Gasteiger partial charge < -0.3 is 0 Å². The molecule has 3 atom stereocenters. The lowest BCUT2D eigenvalue weighted by molar-refractivity contribution is -0.126. The van der Waals surface area contributed by atoms with Crippen LogP contribution in [0.4, 0.5) is 5.69 Å². The topological polar surface area (TPSA) is 43.9 Å². The Labute approximate surface area is 169 Å². The average Bonchev–Trinajstić information content (AvgIpc) is 3.40. The van der Waals surface area contributed by atoms with E-state index in [4.69, 9.17) is 0 Å². The number of nitrogens with zero attached hydrogens (tertiary/aromatic N) is 3. The molecule has 3 saturated heterocycles. The Balaban J connectivity index is 1.49. The Morgan fingerprint density at radius 1 is 0.690 bits per heavy atom. The van der Waals surface area contributed by atoms with E-state index in [0.717, 1.165) is 35.8 Å². The fraction of sp³-hybridized carbons (Fsp3) is 0.250. The van der Waals surface area contributed by atoms with E-state index in [1.165, 1.54) is 4.90 Å². The van der Waals surface area contributed by atoms with Gasteiger partial charge in [-0.2, -0.15) is 0 Å². The van der Waals surface area contributed by atoms with E-state index in [1.807, 2.05) is 60.7 Å². The SMILES string of the molecule is O=C1[C@@H]2[C@@H](C(=O)N1c1cccc3ccccc13)N1CCCN1[C@H]2c1ccccc1. The van der Waals surface area contributed by atoms with Gasteiger partial charge in [0.1, 0.15) is 6.04 Å². The van der Waals surface area contributed by atoms with Crippen LogP contribution in [0.25, 0.3) is 10.8 Å². The highest BCUT2D eigenvalue weighted by atomic mass is 16.2. The lowest BCUT2D eigenvalue weighted by Gasteiger charge is -2.30. The fourth-order valence-electron chi connectivity index (χ4n) is 5.40. The molecule has 0 bridgehead atoms. The maximum atomic E-state index is 13.7. The van der Waals surface area contributed by atoms with E-state index in [9.17, 15) is 9.59 Å². The van der Waals surface area contributed by atoms with Crippen molar-refractivity contribution in [3.05, 3.63) is 78.4 Å². The molecule has 0 unspecified atom stereocenters. The molecule has 3 heterocycles. The number of hydrogen-bond acceptors (Lipinski definition) is 4. The molecule has 6 rings (SSSR count). The van der Waals surface area contributed by atoms with Crippen LogP contribution in [0.15, 0.2) is 72.8 Å². The van der Waals surface area contributed by atoms with Crippen molar-refractivity contribution in [1.29, 1.82) is 0 Å². The number of imide groups is 1. The van der Waals surface area contributed by atoms with Crippen LogP contribution in [0.2, 0.25) is 0 Å². The molecule has 3 fully saturated rings. The van der Waals surface area contributed by atoms with Gasteiger partial charge in [-0.15, -0.1) is 0 Å². The number of rotatable bonds is 2. The summed E-state index contributed by atoms with van der Waals surface area (Å²) in [7, 11) is 0. The highest BCUT2D eigenvalue weighted by Crippen LogP contribution is 2.49. The van der Waals surface area contributed by atoms with Crippen molar-refractivity contribution in [2.45, 2.75) is 18.5 Å². The summed E-state index contributed by atoms with van der Waals surface area (Å²) in [5, 5.41) is 6.37. The summed E-state index contributed by atoms with van der Waals surface area (Å²) >= 11 is 0. The van der Waals surface area contributed by atoms with Crippen molar-refractivity contribution in [2.24, 2.45) is 5.92 Å². The maximum Gasteiger partial charge on any atom is 0.253 e. The van der Waals surface area contributed by atoms with Crippen LogP contribution in [-0.4, -0.2) is 41.0 Å². The standard InChI is InChI=1S/C24H21N3O2/c28-23-20-21(17-9-2-1-3-10-17)25-14-7-15-26(25)22(20)24(29)27(23)19-13-6-11-16-8-4-5-12-18(16)19/h1-6,8-13,20-22H,7,14-15H2/t20-,21-,22-/m0/s1. The molecule has 0 spiro atoms. The maximum absolute atomic E-state index is 13.7. The largest absolute Gasteiger partial charge is 0.274 e. The molecule has 3 aliphatic rings. The summed E-state index contributed by atoms with van der Waals surface area (Å²) in [5.74, 6) is -0.551. The molecule has 2 amide bonds. The van der Waals surface area contributed by atoms with Gasteiger partial charge in [-0.25, -0.2) is 14.9 Å². The van der Waals surface area contributed by atoms with E-state index < -0.39 is 6.04 Å². The van der Waals surface area contributed by atoms with Gasteiger partial charge in [0, 0.05) is 18.5 Å². The highest BCUT2D eigenvalue weighted by Gasteiger charge is 2.62. The normalized spacial score (nSPS) is 27.0. The minimum atomic E-state index is -0.408. The molecule has 0 saturated carbocycles. The number of carbonyl (C=O) groups excluding carboxylic acids is 2. The summed E-state index contributed by atoms with van der Waals surface area (Å²) in [4.78, 5) is 28.8. The Morgan fingerprint density at radius 2 is 1.38 bits per heavy atom. The summed E-state index contributed by atoms with van der Waals surface area (Å²) in [6.45, 7) is 1.72. The van der Waals surface area contributed by atoms with E-state index in [0.29, 0.717) is 5.69 Å². The molecule has 0 aromatic heterocycles. The van der Waals surface area contributed by atoms with Gasteiger partial charge in [-0.3, -0.25) is 9.59 Å². The van der Waals surface area contributed by atoms with Gasteiger partial charge >= 0.3 is 0 Å². The summed E-state index contributed by atoms with van der Waals surface area (Å²) in [6.07, 6.45) is 1.02. The summed E-state index contributed by atoms with van der Waals surface area (Å²) < 4.78 is 0. The van der Waals surface area contributed by atoms with E-state index in [-0.39, 0.29) is 23.8 Å². The third-order valence-electron chi connectivity index (χ3n) is 6.55. The minimum absolute atomic E-state index is 0.0832. The van der Waals surface area contributed by atoms with Crippen LogP contribution < -0.4 is 4.90 Å². The number of anilines is 1. The average molecular weight is 383 g/mol. The zero-order valence-corrected chi connectivity index (χ0v) is 15.9. The van der Waals surface area contributed by atoms with Crippen molar-refractivity contribution < 1.29 is 9.59 Å². The molecular weight excluding hydrogens is 362 g/mol. The van der Waals surface area contributed by atoms with E-state index >= 15 is 0 Å². The van der Waals surface area contributed by atoms with Crippen molar-refractivity contribution in [2.75, 3.05) is 18.0 Å². The first-order valence-corrected chi connectivity index (χ1v) is 10.2. The second kappa shape index (κ2) is 6.24. The van der Waals surface area contributed by atoms with Crippen molar-refractivity contribution in [3.8, 4) is 0 Å². The number of hydrazine groups is 1. The molecule has 29 heavy (non-hydrogen) atoms. The molecule has 3 aromatic rings. The Kier molecular flexibility index (Phi) is 3.63. The fourth-order valence-corrected chi connectivity index (χ4v) is 5.40. The predicted molar refractivity (Wildman–Crippen MR) is 111 cm³/mol. The molecule has 0 aliphatic carbocycles. The summed E-state index contributed by atoms with van der Waals surface area (Å²) in [5.41, 5.74) is 1.80. The van der Waals surface area contributed by atoms with Crippen LogP contribution in [0, 0.1) is 5.92 Å². The van der Waals surface area contributed by atoms with E-state index in [2.05, 4.69) is 22.2 Å². The molecule has 144 valence electrons. The van der Waals surface area contributed by atoms with Gasteiger partial charge in [0.15, 0.2) is 0 Å². The Morgan fingerprint density at radius 3 is 2.21 bits per heavy atom. The van der Waals surface area contributed by atoms with Gasteiger partial charge in [0.05, 0.1) is 17.6 Å². The number of carbonyl (C=O) groups is 2. The Bertz CT molecular complexity index is 1120. The van der Waals surface area contributed by atoms with Gasteiger partial charge in [-0.05, 0) is 23.4 Å². The third-order valence-corrected chi connectivity index (χ3v) is 6.55. The zero-order chi connectivity index (χ0) is 19.5. The van der Waals surface area contributed by atoms with Gasteiger partial charge in [-0.1, -0.05) is 66.7 Å². The van der Waals surface area contributed by atoms with Crippen LogP contribution in [0.3, 0.4) is 0 Å². The van der Waals surface area contributed by atoms with Crippen LogP contribution in [0.1, 0.15) is 18.0 Å². The quantitative estimate of drug-likeness (QED) is 0.637. The lowest BCUT2D eigenvalue weighted by atomic mass is 9.90. The molecule has 0 N–H and O–H groups in total. The van der Waals surface area contributed by atoms with Crippen molar-refractivity contribution in [3.63, 3.8) is 0 Å². The molecular formula is C24H21N3O2. The lowest BCUT2D eigenvalue weighted by Crippen LogP contribution is -2.44. The molecule has 0 radical (unpaired) electrons. The molecule has 5 nitrogen and oxygen atoms in total. The monoisotopic (exact) mass is 383 g/mol. The van der Waals surface area contributed by atoms with E-state index in [1.54, 1.807) is 0 Å². The van der Waals surface area contributed by atoms with Crippen LogP contribution in [0.5, 0.6) is 0 Å². The first kappa shape index (κ1) is 16.9. The van der Waals surface area contributed by atoms with Crippen molar-refractivity contribution >= 4 is 28.3 Å². The third kappa shape index (κ3) is 2.29. The second-order valence-electron chi connectivity index (χ2n) is 8.02. The smallest absolute Gasteiger partial charge is 0.253 e. The molecule has 3 aromatic carbocycles. The second-order valence-corrected chi connectivity index (χ2v) is 8.02. The Hall–Kier alpha value is -3.02. The first-order valence-electron chi connectivity index (χ1n) is 10.2. The number of amides is 2.